The summed E-state index contributed by atoms with van der Waals surface area (Å²) in [7, 11) is 0. The molecule has 6 heteroatoms. The van der Waals surface area contributed by atoms with Gasteiger partial charge in [-0.1, -0.05) is 29.8 Å². The van der Waals surface area contributed by atoms with Crippen LogP contribution in [0.25, 0.3) is 0 Å². The Morgan fingerprint density at radius 1 is 1.12 bits per heavy atom. The number of rotatable bonds is 5. The van der Waals surface area contributed by atoms with Gasteiger partial charge in [-0.15, -0.1) is 11.3 Å². The first kappa shape index (κ1) is 17.3. The highest BCUT2D eigenvalue weighted by molar-refractivity contribution is 7.16. The van der Waals surface area contributed by atoms with E-state index in [4.69, 9.17) is 11.6 Å². The van der Waals surface area contributed by atoms with E-state index in [1.807, 2.05) is 23.1 Å². The van der Waals surface area contributed by atoms with Crippen molar-refractivity contribution < 1.29 is 9.90 Å². The Labute approximate surface area is 151 Å². The average Bonchev–Trinajstić information content (AvgIpc) is 2.99. The van der Waals surface area contributed by atoms with Crippen molar-refractivity contribution in [2.45, 2.75) is 19.4 Å². The first-order chi connectivity index (χ1) is 11.6. The van der Waals surface area contributed by atoms with Gasteiger partial charge in [0, 0.05) is 44.0 Å². The molecule has 3 rings (SSSR count). The van der Waals surface area contributed by atoms with Crippen LogP contribution in [0, 0.1) is 0 Å². The molecule has 1 aliphatic rings. The highest BCUT2D eigenvalue weighted by atomic mass is 35.5. The Bertz CT molecular complexity index is 696. The number of carbonyl (C=O) groups is 1. The number of aryl methyl sites for hydroxylation is 1. The normalized spacial score (nSPS) is 15.6. The van der Waals surface area contributed by atoms with Crippen molar-refractivity contribution in [3.05, 3.63) is 51.2 Å². The van der Waals surface area contributed by atoms with Gasteiger partial charge in [0.05, 0.1) is 4.34 Å². The van der Waals surface area contributed by atoms with Gasteiger partial charge in [-0.2, -0.15) is 0 Å². The Morgan fingerprint density at radius 3 is 2.54 bits per heavy atom. The molecule has 1 amide bonds. The van der Waals surface area contributed by atoms with Crippen LogP contribution >= 0.6 is 22.9 Å². The van der Waals surface area contributed by atoms with Crippen LogP contribution < -0.4 is 0 Å². The second-order valence-corrected chi connectivity index (χ2v) is 7.79. The molecule has 1 aromatic heterocycles. The molecule has 1 aliphatic heterocycles. The number of phenolic OH excluding ortho intramolecular Hbond substituents is 1. The minimum absolute atomic E-state index is 0.164. The van der Waals surface area contributed by atoms with Gasteiger partial charge in [-0.25, -0.2) is 0 Å². The maximum atomic E-state index is 12.4. The molecule has 2 heterocycles. The molecule has 0 spiro atoms. The molecule has 1 aromatic carbocycles. The maximum absolute atomic E-state index is 12.4. The Kier molecular flexibility index (Phi) is 5.76. The SMILES string of the molecule is O=C(CCc1ccccc1O)N1CCN(Cc2ccc(Cl)s2)CC1. The Morgan fingerprint density at radius 2 is 1.88 bits per heavy atom. The lowest BCUT2D eigenvalue weighted by molar-refractivity contribution is -0.132. The number of nitrogens with zero attached hydrogens (tertiary/aromatic N) is 2. The van der Waals surface area contributed by atoms with Gasteiger partial charge in [0.1, 0.15) is 5.75 Å². The van der Waals surface area contributed by atoms with E-state index in [1.54, 1.807) is 23.5 Å². The van der Waals surface area contributed by atoms with E-state index >= 15 is 0 Å². The van der Waals surface area contributed by atoms with Gasteiger partial charge in [0.25, 0.3) is 0 Å². The zero-order valence-electron chi connectivity index (χ0n) is 13.4. The first-order valence-electron chi connectivity index (χ1n) is 8.13. The van der Waals surface area contributed by atoms with Crippen LogP contribution in [-0.2, 0) is 17.8 Å². The van der Waals surface area contributed by atoms with Crippen LogP contribution in [0.5, 0.6) is 5.75 Å². The van der Waals surface area contributed by atoms with Gasteiger partial charge < -0.3 is 10.0 Å². The van der Waals surface area contributed by atoms with Crippen molar-refractivity contribution in [3.8, 4) is 5.75 Å². The van der Waals surface area contributed by atoms with E-state index in [0.29, 0.717) is 12.8 Å². The number of amides is 1. The largest absolute Gasteiger partial charge is 0.508 e. The zero-order valence-corrected chi connectivity index (χ0v) is 15.0. The predicted molar refractivity (Wildman–Crippen MR) is 97.6 cm³/mol. The van der Waals surface area contributed by atoms with E-state index in [0.717, 1.165) is 42.6 Å². The monoisotopic (exact) mass is 364 g/mol. The minimum atomic E-state index is 0.164. The molecular weight excluding hydrogens is 344 g/mol. The molecule has 128 valence electrons. The Hall–Kier alpha value is -1.56. The topological polar surface area (TPSA) is 43.8 Å². The lowest BCUT2D eigenvalue weighted by Gasteiger charge is -2.34. The summed E-state index contributed by atoms with van der Waals surface area (Å²) in [6, 6.07) is 11.2. The summed E-state index contributed by atoms with van der Waals surface area (Å²) in [6.07, 6.45) is 1.03. The van der Waals surface area contributed by atoms with E-state index < -0.39 is 0 Å². The van der Waals surface area contributed by atoms with Crippen molar-refractivity contribution in [1.82, 2.24) is 9.80 Å². The second-order valence-electron chi connectivity index (χ2n) is 5.99. The second kappa shape index (κ2) is 8.01. The van der Waals surface area contributed by atoms with Crippen molar-refractivity contribution in [2.75, 3.05) is 26.2 Å². The highest BCUT2D eigenvalue weighted by Gasteiger charge is 2.21. The summed E-state index contributed by atoms with van der Waals surface area (Å²) >= 11 is 7.58. The van der Waals surface area contributed by atoms with Crippen LogP contribution in [-0.4, -0.2) is 47.0 Å². The molecule has 0 unspecified atom stereocenters. The number of benzene rings is 1. The summed E-state index contributed by atoms with van der Waals surface area (Å²) in [5, 5.41) is 9.77. The van der Waals surface area contributed by atoms with Gasteiger partial charge >= 0.3 is 0 Å². The lowest BCUT2D eigenvalue weighted by Crippen LogP contribution is -2.48. The molecule has 0 aliphatic carbocycles. The number of phenols is 1. The standard InChI is InChI=1S/C18H21ClN2O2S/c19-17-7-6-15(24-17)13-20-9-11-21(12-10-20)18(23)8-5-14-3-1-2-4-16(14)22/h1-4,6-7,22H,5,8-13H2. The zero-order chi connectivity index (χ0) is 16.9. The fourth-order valence-corrected chi connectivity index (χ4v) is 4.06. The molecule has 1 fully saturated rings. The summed E-state index contributed by atoms with van der Waals surface area (Å²) in [4.78, 5) is 17.9. The molecule has 24 heavy (non-hydrogen) atoms. The van der Waals surface area contributed by atoms with Crippen LogP contribution in [0.4, 0.5) is 0 Å². The third-order valence-electron chi connectivity index (χ3n) is 4.33. The van der Waals surface area contributed by atoms with E-state index in [9.17, 15) is 9.90 Å². The number of thiophene rings is 1. The molecule has 1 N–H and O–H groups in total. The fraction of sp³-hybridized carbons (Fsp3) is 0.389. The third kappa shape index (κ3) is 4.50. The van der Waals surface area contributed by atoms with Gasteiger partial charge in [-0.05, 0) is 30.2 Å². The molecule has 2 aromatic rings. The quantitative estimate of drug-likeness (QED) is 0.884. The average molecular weight is 365 g/mol. The molecule has 4 nitrogen and oxygen atoms in total. The van der Waals surface area contributed by atoms with Crippen LogP contribution in [0.3, 0.4) is 0 Å². The fourth-order valence-electron chi connectivity index (χ4n) is 2.93. The number of hydrogen-bond acceptors (Lipinski definition) is 4. The van der Waals surface area contributed by atoms with Crippen molar-refractivity contribution in [3.63, 3.8) is 0 Å². The number of aromatic hydroxyl groups is 1. The number of hydrogen-bond donors (Lipinski definition) is 1. The van der Waals surface area contributed by atoms with Crippen molar-refractivity contribution in [1.29, 1.82) is 0 Å². The van der Waals surface area contributed by atoms with Gasteiger partial charge in [0.2, 0.25) is 5.91 Å². The van der Waals surface area contributed by atoms with E-state index in [2.05, 4.69) is 11.0 Å². The number of piperazine rings is 1. The number of halogens is 1. The maximum Gasteiger partial charge on any atom is 0.222 e. The highest BCUT2D eigenvalue weighted by Crippen LogP contribution is 2.23. The molecule has 0 atom stereocenters. The van der Waals surface area contributed by atoms with Crippen LogP contribution in [0.15, 0.2) is 36.4 Å². The van der Waals surface area contributed by atoms with E-state index in [-0.39, 0.29) is 11.7 Å². The number of para-hydroxylation sites is 1. The molecule has 0 radical (unpaired) electrons. The number of carbonyl (C=O) groups excluding carboxylic acids is 1. The summed E-state index contributed by atoms with van der Waals surface area (Å²) < 4.78 is 0.822. The van der Waals surface area contributed by atoms with Crippen molar-refractivity contribution >= 4 is 28.8 Å². The van der Waals surface area contributed by atoms with E-state index in [1.165, 1.54) is 4.88 Å². The summed E-state index contributed by atoms with van der Waals surface area (Å²) in [5.74, 6) is 0.432. The van der Waals surface area contributed by atoms with Gasteiger partial charge in [0.15, 0.2) is 0 Å². The molecule has 0 saturated carbocycles. The van der Waals surface area contributed by atoms with Crippen LogP contribution in [0.2, 0.25) is 4.34 Å². The smallest absolute Gasteiger partial charge is 0.222 e. The predicted octanol–water partition coefficient (Wildman–Crippen LogP) is 3.38. The summed E-state index contributed by atoms with van der Waals surface area (Å²) in [6.45, 7) is 4.20. The molecule has 1 saturated heterocycles. The first-order valence-corrected chi connectivity index (χ1v) is 9.32. The van der Waals surface area contributed by atoms with Gasteiger partial charge in [-0.3, -0.25) is 9.69 Å². The van der Waals surface area contributed by atoms with Crippen LogP contribution in [0.1, 0.15) is 16.9 Å². The van der Waals surface area contributed by atoms with Crippen molar-refractivity contribution in [2.24, 2.45) is 0 Å². The molecule has 0 bridgehead atoms. The molecular formula is C18H21ClN2O2S. The minimum Gasteiger partial charge on any atom is -0.508 e. The third-order valence-corrected chi connectivity index (χ3v) is 5.55. The summed E-state index contributed by atoms with van der Waals surface area (Å²) in [5.41, 5.74) is 0.832. The Balaban J connectivity index is 1.44. The lowest BCUT2D eigenvalue weighted by atomic mass is 10.1.